The Morgan fingerprint density at radius 3 is 2.10 bits per heavy atom. The number of aromatic nitrogens is 5. The van der Waals surface area contributed by atoms with Crippen LogP contribution in [0.3, 0.4) is 0 Å². The fourth-order valence-corrected chi connectivity index (χ4v) is 3.84. The average molecular weight is 602 g/mol. The summed E-state index contributed by atoms with van der Waals surface area (Å²) in [6.07, 6.45) is -4.99. The summed E-state index contributed by atoms with van der Waals surface area (Å²) < 4.78 is 138. The number of nitrogens with one attached hydrogen (secondary N) is 1. The van der Waals surface area contributed by atoms with Crippen LogP contribution < -0.4 is 5.32 Å². The first-order valence-electron chi connectivity index (χ1n) is 11.4. The van der Waals surface area contributed by atoms with Gasteiger partial charge in [-0.1, -0.05) is 0 Å². The van der Waals surface area contributed by atoms with Gasteiger partial charge in [-0.2, -0.15) is 32.1 Å². The predicted molar refractivity (Wildman–Crippen MR) is 124 cm³/mol. The van der Waals surface area contributed by atoms with Gasteiger partial charge in [-0.05, 0) is 30.3 Å². The summed E-state index contributed by atoms with van der Waals surface area (Å²) in [7, 11) is 0. The summed E-state index contributed by atoms with van der Waals surface area (Å²) in [4.78, 5) is 16.7. The van der Waals surface area contributed by atoms with Crippen molar-refractivity contribution in [2.24, 2.45) is 0 Å². The molecule has 0 bridgehead atoms. The minimum atomic E-state index is -6.06. The molecule has 1 amide bonds. The van der Waals surface area contributed by atoms with Crippen LogP contribution in [0, 0.1) is 29.1 Å². The van der Waals surface area contributed by atoms with Crippen molar-refractivity contribution in [3.63, 3.8) is 0 Å². The van der Waals surface area contributed by atoms with Crippen LogP contribution in [0.2, 0.25) is 0 Å². The van der Waals surface area contributed by atoms with Gasteiger partial charge in [0.15, 0.2) is 40.4 Å². The molecule has 0 aliphatic carbocycles. The van der Waals surface area contributed by atoms with Crippen LogP contribution in [-0.2, 0) is 12.5 Å². The van der Waals surface area contributed by atoms with Gasteiger partial charge in [0.2, 0.25) is 0 Å². The largest absolute Gasteiger partial charge is 0.459 e. The van der Waals surface area contributed by atoms with E-state index in [4.69, 9.17) is 0 Å². The number of benzene rings is 2. The fraction of sp³-hybridized carbons (Fsp3) is 0.120. The monoisotopic (exact) mass is 602 g/mol. The number of carbonyl (C=O) groups is 1. The van der Waals surface area contributed by atoms with Crippen LogP contribution in [0.4, 0.5) is 49.7 Å². The molecule has 0 spiro atoms. The van der Waals surface area contributed by atoms with Gasteiger partial charge in [-0.15, -0.1) is 0 Å². The molecule has 1 N–H and O–H groups in total. The van der Waals surface area contributed by atoms with E-state index in [0.29, 0.717) is 6.07 Å². The van der Waals surface area contributed by atoms with Gasteiger partial charge in [-0.3, -0.25) is 9.48 Å². The predicted octanol–water partition coefficient (Wildman–Crippen LogP) is 6.24. The second-order valence-electron chi connectivity index (χ2n) is 8.70. The smallest absolute Gasteiger partial charge is 0.304 e. The van der Waals surface area contributed by atoms with Gasteiger partial charge < -0.3 is 5.32 Å². The molecular weight excluding hydrogens is 590 g/mol. The minimum absolute atomic E-state index is 0.0121. The molecule has 0 fully saturated rings. The molecule has 0 saturated heterocycles. The molecule has 42 heavy (non-hydrogen) atoms. The van der Waals surface area contributed by atoms with Crippen LogP contribution >= 0.6 is 0 Å². The number of hydrogen-bond acceptors (Lipinski definition) is 4. The first-order chi connectivity index (χ1) is 19.7. The second kappa shape index (κ2) is 10.1. The van der Waals surface area contributed by atoms with Gasteiger partial charge in [0.05, 0.1) is 17.8 Å². The topological polar surface area (TPSA) is 77.1 Å². The Morgan fingerprint density at radius 1 is 0.833 bits per heavy atom. The molecule has 218 valence electrons. The number of hydrogen-bond donors (Lipinski definition) is 1. The molecule has 2 aromatic carbocycles. The standard InChI is InChI=1S/C25H12F10N6O/c26-12-3-1-11(2-4-12)16-8-18(24(31,32)25(33,34)35)41-20(36-16)9-17(38-41)23(42)37-19-5-6-40(39-19)10-13-21(29)14(27)7-15(28)22(13)30/h1-9H,10H2,(H,37,39,42). The minimum Gasteiger partial charge on any atom is -0.304 e. The fourth-order valence-electron chi connectivity index (χ4n) is 3.84. The lowest BCUT2D eigenvalue weighted by atomic mass is 10.1. The molecule has 3 heterocycles. The molecule has 0 saturated carbocycles. The van der Waals surface area contributed by atoms with Gasteiger partial charge in [-0.25, -0.2) is 31.5 Å². The average Bonchev–Trinajstić information content (AvgIpc) is 3.56. The number of fused-ring (bicyclic) bond motifs is 1. The maximum atomic E-state index is 14.5. The third-order valence-electron chi connectivity index (χ3n) is 5.88. The zero-order valence-electron chi connectivity index (χ0n) is 20.3. The van der Waals surface area contributed by atoms with Gasteiger partial charge >= 0.3 is 12.1 Å². The van der Waals surface area contributed by atoms with Gasteiger partial charge in [0.25, 0.3) is 5.91 Å². The van der Waals surface area contributed by atoms with Crippen LogP contribution in [0.15, 0.2) is 54.7 Å². The van der Waals surface area contributed by atoms with E-state index < -0.39 is 81.9 Å². The molecule has 17 heteroatoms. The Labute approximate surface area is 227 Å². The Bertz CT molecular complexity index is 1800. The molecular formula is C25H12F10N6O. The van der Waals surface area contributed by atoms with E-state index in [0.717, 1.165) is 47.3 Å². The first kappa shape index (κ1) is 28.6. The summed E-state index contributed by atoms with van der Waals surface area (Å²) in [5.41, 5.74) is -4.38. The van der Waals surface area contributed by atoms with Crippen molar-refractivity contribution in [3.8, 4) is 11.3 Å². The maximum absolute atomic E-state index is 14.5. The number of amides is 1. The van der Waals surface area contributed by atoms with E-state index in [-0.39, 0.29) is 22.0 Å². The van der Waals surface area contributed by atoms with Crippen molar-refractivity contribution in [3.05, 3.63) is 101 Å². The normalized spacial score (nSPS) is 12.2. The van der Waals surface area contributed by atoms with E-state index in [1.807, 2.05) is 0 Å². The number of carbonyl (C=O) groups excluding carboxylic acids is 1. The highest BCUT2D eigenvalue weighted by Crippen LogP contribution is 2.44. The molecule has 0 aliphatic heterocycles. The summed E-state index contributed by atoms with van der Waals surface area (Å²) in [6, 6.07) is 6.38. The Kier molecular flexibility index (Phi) is 6.90. The van der Waals surface area contributed by atoms with Crippen LogP contribution in [0.25, 0.3) is 16.9 Å². The molecule has 7 nitrogen and oxygen atoms in total. The van der Waals surface area contributed by atoms with Gasteiger partial charge in [0, 0.05) is 30.0 Å². The van der Waals surface area contributed by atoms with Gasteiger partial charge in [0.1, 0.15) is 11.5 Å². The lowest BCUT2D eigenvalue weighted by molar-refractivity contribution is -0.291. The van der Waals surface area contributed by atoms with Crippen molar-refractivity contribution in [1.29, 1.82) is 0 Å². The molecule has 0 aliphatic rings. The Hall–Kier alpha value is -4.96. The molecule has 5 rings (SSSR count). The first-order valence-corrected chi connectivity index (χ1v) is 11.4. The van der Waals surface area contributed by atoms with Crippen LogP contribution in [-0.4, -0.2) is 36.5 Å². The zero-order valence-corrected chi connectivity index (χ0v) is 20.3. The second-order valence-corrected chi connectivity index (χ2v) is 8.70. The summed E-state index contributed by atoms with van der Waals surface area (Å²) in [5.74, 6) is -14.3. The number of nitrogens with zero attached hydrogens (tertiary/aromatic N) is 5. The number of rotatable bonds is 6. The van der Waals surface area contributed by atoms with E-state index in [1.165, 1.54) is 0 Å². The van der Waals surface area contributed by atoms with E-state index >= 15 is 0 Å². The molecule has 0 unspecified atom stereocenters. The molecule has 0 atom stereocenters. The molecule has 5 aromatic rings. The van der Waals surface area contributed by atoms with E-state index in [1.54, 1.807) is 0 Å². The summed E-state index contributed by atoms with van der Waals surface area (Å²) >= 11 is 0. The number of alkyl halides is 5. The zero-order chi connectivity index (χ0) is 30.6. The third kappa shape index (κ3) is 5.12. The molecule has 0 radical (unpaired) electrons. The SMILES string of the molecule is O=C(Nc1ccn(Cc2c(F)c(F)cc(F)c2F)n1)c1cc2nc(-c3ccc(F)cc3)cc(C(F)(F)C(F)(F)F)n2n1. The van der Waals surface area contributed by atoms with E-state index in [9.17, 15) is 48.7 Å². The van der Waals surface area contributed by atoms with Crippen molar-refractivity contribution in [2.45, 2.75) is 18.6 Å². The van der Waals surface area contributed by atoms with Crippen molar-refractivity contribution < 1.29 is 48.7 Å². The van der Waals surface area contributed by atoms with Crippen LogP contribution in [0.1, 0.15) is 21.7 Å². The van der Waals surface area contributed by atoms with Crippen molar-refractivity contribution >= 4 is 17.4 Å². The lowest BCUT2D eigenvalue weighted by Gasteiger charge is -2.21. The third-order valence-corrected chi connectivity index (χ3v) is 5.88. The quantitative estimate of drug-likeness (QED) is 0.184. The lowest BCUT2D eigenvalue weighted by Crippen LogP contribution is -2.36. The summed E-state index contributed by atoms with van der Waals surface area (Å²) in [6.45, 7) is -0.803. The highest BCUT2D eigenvalue weighted by molar-refractivity contribution is 6.03. The number of halogens is 10. The van der Waals surface area contributed by atoms with Crippen molar-refractivity contribution in [2.75, 3.05) is 5.32 Å². The molecule has 3 aromatic heterocycles. The van der Waals surface area contributed by atoms with Crippen molar-refractivity contribution in [1.82, 2.24) is 24.4 Å². The summed E-state index contributed by atoms with van der Waals surface area (Å²) in [5, 5.41) is 9.47. The van der Waals surface area contributed by atoms with Crippen LogP contribution in [0.5, 0.6) is 0 Å². The number of anilines is 1. The Balaban J connectivity index is 1.47. The Morgan fingerprint density at radius 2 is 1.48 bits per heavy atom. The highest BCUT2D eigenvalue weighted by Gasteiger charge is 2.60. The van der Waals surface area contributed by atoms with E-state index in [2.05, 4.69) is 20.5 Å². The highest BCUT2D eigenvalue weighted by atomic mass is 19.4. The maximum Gasteiger partial charge on any atom is 0.459 e.